The van der Waals surface area contributed by atoms with Gasteiger partial charge in [-0.3, -0.25) is 11.3 Å². The summed E-state index contributed by atoms with van der Waals surface area (Å²) in [6.45, 7) is 0. The predicted molar refractivity (Wildman–Crippen MR) is 82.3 cm³/mol. The average Bonchev–Trinajstić information content (AvgIpc) is 2.73. The van der Waals surface area contributed by atoms with Crippen LogP contribution in [0.3, 0.4) is 0 Å². The Balaban J connectivity index is 2.15. The zero-order valence-corrected chi connectivity index (χ0v) is 12.7. The van der Waals surface area contributed by atoms with E-state index in [1.807, 2.05) is 18.2 Å². The lowest BCUT2D eigenvalue weighted by Crippen LogP contribution is -2.29. The Hall–Kier alpha value is -0.140. The Morgan fingerprint density at radius 3 is 2.82 bits per heavy atom. The quantitative estimate of drug-likeness (QED) is 0.483. The van der Waals surface area contributed by atoms with E-state index in [1.165, 1.54) is 14.0 Å². The minimum Gasteiger partial charge on any atom is -0.271 e. The third kappa shape index (κ3) is 3.66. The number of nitrogens with one attached hydrogen (secondary N) is 1. The number of nitrogens with two attached hydrogens (primary N) is 1. The molecule has 1 aromatic heterocycles. The topological polar surface area (TPSA) is 38.0 Å². The molecule has 17 heavy (non-hydrogen) atoms. The fourth-order valence-corrected chi connectivity index (χ4v) is 3.32. The van der Waals surface area contributed by atoms with E-state index in [2.05, 4.69) is 45.5 Å². The second-order valence-electron chi connectivity index (χ2n) is 3.74. The molecule has 0 aliphatic rings. The zero-order valence-electron chi connectivity index (χ0n) is 8.99. The normalized spacial score (nSPS) is 12.6. The fraction of sp³-hybridized carbons (Fsp3) is 0.167. The first kappa shape index (κ1) is 13.3. The molecule has 0 aliphatic heterocycles. The summed E-state index contributed by atoms with van der Waals surface area (Å²) in [6.07, 6.45) is 0.837. The summed E-state index contributed by atoms with van der Waals surface area (Å²) < 4.78 is 1.27. The molecule has 2 aromatic rings. The molecule has 2 nitrogen and oxygen atoms in total. The smallest absolute Gasteiger partial charge is 0.0656 e. The Labute approximate surface area is 123 Å². The molecule has 90 valence electrons. The Morgan fingerprint density at radius 2 is 2.24 bits per heavy atom. The van der Waals surface area contributed by atoms with Crippen molar-refractivity contribution in [1.82, 2.24) is 5.43 Å². The van der Waals surface area contributed by atoms with Gasteiger partial charge in [0.1, 0.15) is 0 Å². The Morgan fingerprint density at radius 1 is 1.41 bits per heavy atom. The lowest BCUT2D eigenvalue weighted by molar-refractivity contribution is 0.553. The second-order valence-corrected chi connectivity index (χ2v) is 6.98. The third-order valence-corrected chi connectivity index (χ3v) is 4.56. The van der Waals surface area contributed by atoms with Crippen LogP contribution in [-0.4, -0.2) is 0 Å². The first-order valence-electron chi connectivity index (χ1n) is 5.13. The van der Waals surface area contributed by atoms with E-state index in [0.29, 0.717) is 0 Å². The Kier molecular flexibility index (Phi) is 4.81. The highest BCUT2D eigenvalue weighted by atomic mass is 127. The molecule has 3 N–H and O–H groups in total. The number of hydrogen-bond acceptors (Lipinski definition) is 3. The van der Waals surface area contributed by atoms with Crippen LogP contribution in [0.4, 0.5) is 0 Å². The summed E-state index contributed by atoms with van der Waals surface area (Å²) >= 11 is 10.0. The van der Waals surface area contributed by atoms with Crippen molar-refractivity contribution in [3.05, 3.63) is 54.7 Å². The molecule has 0 bridgehead atoms. The minimum atomic E-state index is 0.133. The highest BCUT2D eigenvalue weighted by Crippen LogP contribution is 2.25. The van der Waals surface area contributed by atoms with Crippen molar-refractivity contribution in [2.75, 3.05) is 0 Å². The molecule has 2 rings (SSSR count). The molecule has 0 aliphatic carbocycles. The SMILES string of the molecule is NNC(Cc1cccc(Cl)c1)c1csc(I)c1. The summed E-state index contributed by atoms with van der Waals surface area (Å²) in [5.41, 5.74) is 5.27. The van der Waals surface area contributed by atoms with Crippen LogP contribution >= 0.6 is 45.5 Å². The number of benzene rings is 1. The van der Waals surface area contributed by atoms with E-state index in [0.717, 1.165) is 11.4 Å². The summed E-state index contributed by atoms with van der Waals surface area (Å²) in [6, 6.07) is 10.2. The lowest BCUT2D eigenvalue weighted by Gasteiger charge is -2.14. The molecule has 0 amide bonds. The number of rotatable bonds is 4. The van der Waals surface area contributed by atoms with Crippen LogP contribution in [0.2, 0.25) is 5.02 Å². The number of hydrazine groups is 1. The van der Waals surface area contributed by atoms with Crippen molar-refractivity contribution < 1.29 is 0 Å². The standard InChI is InChI=1S/C12H12ClIN2S/c13-10-3-1-2-8(4-10)5-11(16-15)9-6-12(14)17-7-9/h1-4,6-7,11,16H,5,15H2. The van der Waals surface area contributed by atoms with Gasteiger partial charge in [0.05, 0.1) is 8.93 Å². The van der Waals surface area contributed by atoms with Gasteiger partial charge in [-0.25, -0.2) is 0 Å². The lowest BCUT2D eigenvalue weighted by atomic mass is 10.0. The molecular weight excluding hydrogens is 367 g/mol. The maximum Gasteiger partial charge on any atom is 0.0656 e. The second kappa shape index (κ2) is 6.15. The van der Waals surface area contributed by atoms with E-state index in [9.17, 15) is 0 Å². The first-order chi connectivity index (χ1) is 8.19. The van der Waals surface area contributed by atoms with Gasteiger partial charge in [0.25, 0.3) is 0 Å². The van der Waals surface area contributed by atoms with E-state index >= 15 is 0 Å². The van der Waals surface area contributed by atoms with Crippen LogP contribution in [-0.2, 0) is 6.42 Å². The maximum atomic E-state index is 5.97. The van der Waals surface area contributed by atoms with Gasteiger partial charge in [-0.1, -0.05) is 23.7 Å². The molecule has 0 radical (unpaired) electrons. The molecule has 0 saturated carbocycles. The minimum absolute atomic E-state index is 0.133. The molecule has 1 heterocycles. The van der Waals surface area contributed by atoms with Crippen LogP contribution < -0.4 is 11.3 Å². The van der Waals surface area contributed by atoms with Crippen molar-refractivity contribution in [3.63, 3.8) is 0 Å². The summed E-state index contributed by atoms with van der Waals surface area (Å²) in [5.74, 6) is 5.62. The molecule has 0 fully saturated rings. The molecule has 0 saturated heterocycles. The van der Waals surface area contributed by atoms with Crippen molar-refractivity contribution in [3.8, 4) is 0 Å². The van der Waals surface area contributed by atoms with Crippen LogP contribution in [0.15, 0.2) is 35.7 Å². The highest BCUT2D eigenvalue weighted by Gasteiger charge is 2.12. The van der Waals surface area contributed by atoms with Gasteiger partial charge in [-0.05, 0) is 63.7 Å². The van der Waals surface area contributed by atoms with Gasteiger partial charge < -0.3 is 0 Å². The summed E-state index contributed by atoms with van der Waals surface area (Å²) in [4.78, 5) is 0. The van der Waals surface area contributed by atoms with Crippen molar-refractivity contribution >= 4 is 45.5 Å². The monoisotopic (exact) mass is 378 g/mol. The number of halogens is 2. The molecule has 1 atom stereocenters. The van der Waals surface area contributed by atoms with Gasteiger partial charge in [-0.2, -0.15) is 0 Å². The number of thiophene rings is 1. The van der Waals surface area contributed by atoms with Crippen LogP contribution in [0.25, 0.3) is 0 Å². The maximum absolute atomic E-state index is 5.97. The molecule has 1 unspecified atom stereocenters. The van der Waals surface area contributed by atoms with Crippen LogP contribution in [0, 0.1) is 2.88 Å². The summed E-state index contributed by atoms with van der Waals surface area (Å²) in [7, 11) is 0. The molecular formula is C12H12ClIN2S. The fourth-order valence-electron chi connectivity index (χ4n) is 1.68. The first-order valence-corrected chi connectivity index (χ1v) is 7.47. The van der Waals surface area contributed by atoms with E-state index in [4.69, 9.17) is 17.4 Å². The van der Waals surface area contributed by atoms with Gasteiger partial charge >= 0.3 is 0 Å². The molecule has 1 aromatic carbocycles. The molecule has 0 spiro atoms. The molecule has 5 heteroatoms. The average molecular weight is 379 g/mol. The van der Waals surface area contributed by atoms with Crippen LogP contribution in [0.5, 0.6) is 0 Å². The van der Waals surface area contributed by atoms with Gasteiger partial charge in [0.2, 0.25) is 0 Å². The summed E-state index contributed by atoms with van der Waals surface area (Å²) in [5, 5.41) is 2.90. The highest BCUT2D eigenvalue weighted by molar-refractivity contribution is 14.1. The Bertz CT molecular complexity index is 501. The third-order valence-electron chi connectivity index (χ3n) is 2.52. The van der Waals surface area contributed by atoms with Crippen LogP contribution in [0.1, 0.15) is 17.2 Å². The van der Waals surface area contributed by atoms with E-state index < -0.39 is 0 Å². The van der Waals surface area contributed by atoms with Gasteiger partial charge in [0, 0.05) is 5.02 Å². The largest absolute Gasteiger partial charge is 0.271 e. The zero-order chi connectivity index (χ0) is 12.3. The van der Waals surface area contributed by atoms with E-state index in [1.54, 1.807) is 11.3 Å². The van der Waals surface area contributed by atoms with Gasteiger partial charge in [-0.15, -0.1) is 11.3 Å². The van der Waals surface area contributed by atoms with Crippen molar-refractivity contribution in [2.45, 2.75) is 12.5 Å². The van der Waals surface area contributed by atoms with Crippen molar-refractivity contribution in [2.24, 2.45) is 5.84 Å². The van der Waals surface area contributed by atoms with Gasteiger partial charge in [0.15, 0.2) is 0 Å². The number of hydrogen-bond donors (Lipinski definition) is 2. The van der Waals surface area contributed by atoms with E-state index in [-0.39, 0.29) is 6.04 Å². The van der Waals surface area contributed by atoms with Crippen molar-refractivity contribution in [1.29, 1.82) is 0 Å². The predicted octanol–water partition coefficient (Wildman–Crippen LogP) is 3.75.